The fourth-order valence-electron chi connectivity index (χ4n) is 2.38. The van der Waals surface area contributed by atoms with E-state index in [0.29, 0.717) is 12.1 Å². The molecule has 1 fully saturated rings. The van der Waals surface area contributed by atoms with Gasteiger partial charge in [-0.15, -0.1) is 0 Å². The average molecular weight is 265 g/mol. The summed E-state index contributed by atoms with van der Waals surface area (Å²) in [6.45, 7) is 7.74. The van der Waals surface area contributed by atoms with Crippen molar-refractivity contribution in [3.63, 3.8) is 0 Å². The zero-order valence-electron chi connectivity index (χ0n) is 12.0. The summed E-state index contributed by atoms with van der Waals surface area (Å²) in [5.41, 5.74) is 0.516. The van der Waals surface area contributed by atoms with Crippen LogP contribution in [0.2, 0.25) is 0 Å². The summed E-state index contributed by atoms with van der Waals surface area (Å²) in [4.78, 5) is 14.2. The molecule has 1 N–H and O–H groups in total. The van der Waals surface area contributed by atoms with Crippen molar-refractivity contribution in [1.82, 2.24) is 14.7 Å². The van der Waals surface area contributed by atoms with Crippen molar-refractivity contribution >= 4 is 5.91 Å². The Bertz CT molecular complexity index is 448. The van der Waals surface area contributed by atoms with E-state index in [-0.39, 0.29) is 24.0 Å². The third-order valence-corrected chi connectivity index (χ3v) is 3.58. The monoisotopic (exact) mass is 265 g/mol. The number of rotatable bonds is 2. The van der Waals surface area contributed by atoms with Gasteiger partial charge in [0, 0.05) is 25.9 Å². The number of likely N-dealkylation sites (tertiary alicyclic amines) is 1. The maximum Gasteiger partial charge on any atom is 0.257 e. The number of aliphatic hydroxyl groups is 1. The lowest BCUT2D eigenvalue weighted by molar-refractivity contribution is 0.0620. The van der Waals surface area contributed by atoms with Crippen molar-refractivity contribution in [2.24, 2.45) is 5.92 Å². The van der Waals surface area contributed by atoms with E-state index < -0.39 is 0 Å². The summed E-state index contributed by atoms with van der Waals surface area (Å²) < 4.78 is 1.81. The fraction of sp³-hybridized carbons (Fsp3) is 0.714. The van der Waals surface area contributed by atoms with E-state index in [4.69, 9.17) is 0 Å². The molecule has 0 aromatic carbocycles. The Balaban J connectivity index is 2.09. The third-order valence-electron chi connectivity index (χ3n) is 3.58. The number of piperidine rings is 1. The predicted molar refractivity (Wildman–Crippen MR) is 72.9 cm³/mol. The number of hydrogen-bond acceptors (Lipinski definition) is 3. The SMILES string of the molecule is CC(C)(C)n1cc(C(=O)N2CCCC(CO)C2)cn1. The molecule has 0 saturated carbocycles. The van der Waals surface area contributed by atoms with Crippen LogP contribution in [-0.2, 0) is 5.54 Å². The number of aromatic nitrogens is 2. The van der Waals surface area contributed by atoms with Gasteiger partial charge in [0.25, 0.3) is 5.91 Å². The molecule has 0 aliphatic carbocycles. The first-order chi connectivity index (χ1) is 8.91. The van der Waals surface area contributed by atoms with Gasteiger partial charge in [0.1, 0.15) is 0 Å². The standard InChI is InChI=1S/C14H23N3O2/c1-14(2,3)17-9-12(7-15-17)13(19)16-6-4-5-11(8-16)10-18/h7,9,11,18H,4-6,8,10H2,1-3H3. The van der Waals surface area contributed by atoms with E-state index in [2.05, 4.69) is 25.9 Å². The lowest BCUT2D eigenvalue weighted by atomic mass is 9.98. The van der Waals surface area contributed by atoms with Crippen LogP contribution in [0.15, 0.2) is 12.4 Å². The Morgan fingerprint density at radius 2 is 2.26 bits per heavy atom. The molecular formula is C14H23N3O2. The minimum absolute atomic E-state index is 0.0219. The molecule has 0 spiro atoms. The molecule has 1 saturated heterocycles. The Kier molecular flexibility index (Phi) is 3.94. The number of hydrogen-bond donors (Lipinski definition) is 1. The molecule has 5 nitrogen and oxygen atoms in total. The minimum Gasteiger partial charge on any atom is -0.396 e. The lowest BCUT2D eigenvalue weighted by Crippen LogP contribution is -2.40. The van der Waals surface area contributed by atoms with Crippen LogP contribution in [0.5, 0.6) is 0 Å². The summed E-state index contributed by atoms with van der Waals surface area (Å²) in [6, 6.07) is 0. The average Bonchev–Trinajstić information content (AvgIpc) is 2.87. The van der Waals surface area contributed by atoms with Crippen LogP contribution >= 0.6 is 0 Å². The summed E-state index contributed by atoms with van der Waals surface area (Å²) in [7, 11) is 0. The molecule has 106 valence electrons. The normalized spacial score (nSPS) is 20.6. The van der Waals surface area contributed by atoms with Crippen LogP contribution < -0.4 is 0 Å². The summed E-state index contributed by atoms with van der Waals surface area (Å²) in [5.74, 6) is 0.240. The lowest BCUT2D eigenvalue weighted by Gasteiger charge is -2.31. The molecule has 1 aromatic rings. The Hall–Kier alpha value is -1.36. The van der Waals surface area contributed by atoms with Crippen molar-refractivity contribution in [2.75, 3.05) is 19.7 Å². The molecule has 1 aromatic heterocycles. The van der Waals surface area contributed by atoms with Gasteiger partial charge >= 0.3 is 0 Å². The largest absolute Gasteiger partial charge is 0.396 e. The number of carbonyl (C=O) groups is 1. The first kappa shape index (κ1) is 14.1. The van der Waals surface area contributed by atoms with Crippen LogP contribution in [0.4, 0.5) is 0 Å². The smallest absolute Gasteiger partial charge is 0.257 e. The zero-order chi connectivity index (χ0) is 14.0. The highest BCUT2D eigenvalue weighted by atomic mass is 16.3. The first-order valence-corrected chi connectivity index (χ1v) is 6.87. The van der Waals surface area contributed by atoms with E-state index in [1.54, 1.807) is 6.20 Å². The molecule has 0 radical (unpaired) electrons. The minimum atomic E-state index is -0.117. The molecule has 0 bridgehead atoms. The molecule has 1 aliphatic heterocycles. The van der Waals surface area contributed by atoms with Gasteiger partial charge in [-0.3, -0.25) is 9.48 Å². The van der Waals surface area contributed by atoms with Crippen LogP contribution in [-0.4, -0.2) is 45.4 Å². The van der Waals surface area contributed by atoms with E-state index in [1.807, 2.05) is 15.8 Å². The van der Waals surface area contributed by atoms with Crippen LogP contribution in [0, 0.1) is 5.92 Å². The number of amides is 1. The van der Waals surface area contributed by atoms with Crippen molar-refractivity contribution in [3.05, 3.63) is 18.0 Å². The van der Waals surface area contributed by atoms with Gasteiger partial charge in [0.15, 0.2) is 0 Å². The van der Waals surface area contributed by atoms with Gasteiger partial charge in [0.2, 0.25) is 0 Å². The van der Waals surface area contributed by atoms with Crippen molar-refractivity contribution < 1.29 is 9.90 Å². The van der Waals surface area contributed by atoms with Gasteiger partial charge in [-0.25, -0.2) is 0 Å². The highest BCUT2D eigenvalue weighted by molar-refractivity contribution is 5.93. The van der Waals surface area contributed by atoms with Gasteiger partial charge < -0.3 is 10.0 Å². The van der Waals surface area contributed by atoms with E-state index in [9.17, 15) is 9.90 Å². The fourth-order valence-corrected chi connectivity index (χ4v) is 2.38. The summed E-state index contributed by atoms with van der Waals surface area (Å²) in [5, 5.41) is 13.5. The molecule has 1 atom stereocenters. The first-order valence-electron chi connectivity index (χ1n) is 6.87. The van der Waals surface area contributed by atoms with Gasteiger partial charge in [-0.1, -0.05) is 0 Å². The molecule has 1 unspecified atom stereocenters. The molecule has 19 heavy (non-hydrogen) atoms. The predicted octanol–water partition coefficient (Wildman–Crippen LogP) is 1.48. The summed E-state index contributed by atoms with van der Waals surface area (Å²) >= 11 is 0. The van der Waals surface area contributed by atoms with Crippen LogP contribution in [0.25, 0.3) is 0 Å². The van der Waals surface area contributed by atoms with Gasteiger partial charge in [-0.2, -0.15) is 5.10 Å². The topological polar surface area (TPSA) is 58.4 Å². The number of aliphatic hydroxyl groups excluding tert-OH is 1. The molecule has 5 heteroatoms. The van der Waals surface area contributed by atoms with E-state index in [0.717, 1.165) is 19.4 Å². The molecule has 1 amide bonds. The van der Waals surface area contributed by atoms with Crippen molar-refractivity contribution in [1.29, 1.82) is 0 Å². The molecule has 2 rings (SSSR count). The molecule has 2 heterocycles. The quantitative estimate of drug-likeness (QED) is 0.881. The highest BCUT2D eigenvalue weighted by Gasteiger charge is 2.25. The molecule has 1 aliphatic rings. The Morgan fingerprint density at radius 3 is 2.84 bits per heavy atom. The Labute approximate surface area is 114 Å². The van der Waals surface area contributed by atoms with Crippen molar-refractivity contribution in [3.8, 4) is 0 Å². The third kappa shape index (κ3) is 3.15. The number of carbonyl (C=O) groups excluding carboxylic acids is 1. The van der Waals surface area contributed by atoms with Crippen molar-refractivity contribution in [2.45, 2.75) is 39.2 Å². The van der Waals surface area contributed by atoms with E-state index in [1.165, 1.54) is 0 Å². The van der Waals surface area contributed by atoms with Crippen LogP contribution in [0.3, 0.4) is 0 Å². The molecular weight excluding hydrogens is 242 g/mol. The summed E-state index contributed by atoms with van der Waals surface area (Å²) in [6.07, 6.45) is 5.41. The Morgan fingerprint density at radius 1 is 1.53 bits per heavy atom. The highest BCUT2D eigenvalue weighted by Crippen LogP contribution is 2.19. The van der Waals surface area contributed by atoms with Gasteiger partial charge in [-0.05, 0) is 39.5 Å². The maximum atomic E-state index is 12.4. The van der Waals surface area contributed by atoms with Gasteiger partial charge in [0.05, 0.1) is 17.3 Å². The second kappa shape index (κ2) is 5.33. The number of nitrogens with zero attached hydrogens (tertiary/aromatic N) is 3. The van der Waals surface area contributed by atoms with E-state index >= 15 is 0 Å². The second-order valence-electron chi connectivity index (χ2n) is 6.29. The second-order valence-corrected chi connectivity index (χ2v) is 6.29. The maximum absolute atomic E-state index is 12.4. The zero-order valence-corrected chi connectivity index (χ0v) is 12.0. The van der Waals surface area contributed by atoms with Crippen LogP contribution in [0.1, 0.15) is 44.0 Å².